The van der Waals surface area contributed by atoms with Crippen LogP contribution in [-0.4, -0.2) is 43.4 Å². The quantitative estimate of drug-likeness (QED) is 0.292. The summed E-state index contributed by atoms with van der Waals surface area (Å²) in [7, 11) is 1.94. The first kappa shape index (κ1) is 20.7. The standard InChI is InChI=1S/C17H25FN4O.HI/c1-3-19-17(21-11-10-20-16(23)14-6-7-14)22(2)12-13-4-8-15(18)9-5-13;/h4-5,8-9,14H,3,6-7,10-12H2,1-2H3,(H,19,21)(H,20,23);1H. The van der Waals surface area contributed by atoms with Crippen molar-refractivity contribution in [2.75, 3.05) is 26.7 Å². The highest BCUT2D eigenvalue weighted by Crippen LogP contribution is 2.28. The van der Waals surface area contributed by atoms with Crippen LogP contribution < -0.4 is 10.6 Å². The van der Waals surface area contributed by atoms with Gasteiger partial charge in [0.2, 0.25) is 5.91 Å². The van der Waals surface area contributed by atoms with E-state index < -0.39 is 0 Å². The lowest BCUT2D eigenvalue weighted by molar-refractivity contribution is -0.122. The highest BCUT2D eigenvalue weighted by molar-refractivity contribution is 14.0. The molecule has 1 aliphatic rings. The van der Waals surface area contributed by atoms with E-state index in [0.717, 1.165) is 30.9 Å². The Morgan fingerprint density at radius 1 is 1.29 bits per heavy atom. The third kappa shape index (κ3) is 7.02. The van der Waals surface area contributed by atoms with Crippen molar-refractivity contribution < 1.29 is 9.18 Å². The molecule has 24 heavy (non-hydrogen) atoms. The smallest absolute Gasteiger partial charge is 0.223 e. The van der Waals surface area contributed by atoms with Crippen LogP contribution in [0.3, 0.4) is 0 Å². The number of nitrogens with one attached hydrogen (secondary N) is 2. The zero-order valence-electron chi connectivity index (χ0n) is 14.2. The Kier molecular flexibility index (Phi) is 9.02. The maximum atomic E-state index is 13.0. The number of amides is 1. The van der Waals surface area contributed by atoms with E-state index in [1.807, 2.05) is 18.9 Å². The van der Waals surface area contributed by atoms with E-state index in [-0.39, 0.29) is 41.6 Å². The Hall–Kier alpha value is -1.38. The van der Waals surface area contributed by atoms with E-state index in [1.165, 1.54) is 12.1 Å². The molecule has 0 saturated heterocycles. The minimum Gasteiger partial charge on any atom is -0.357 e. The second kappa shape index (κ2) is 10.5. The predicted molar refractivity (Wildman–Crippen MR) is 105 cm³/mol. The fourth-order valence-corrected chi connectivity index (χ4v) is 2.24. The lowest BCUT2D eigenvalue weighted by Crippen LogP contribution is -2.39. The molecule has 0 aliphatic heterocycles. The van der Waals surface area contributed by atoms with E-state index in [2.05, 4.69) is 15.6 Å². The molecule has 0 radical (unpaired) electrons. The van der Waals surface area contributed by atoms with Gasteiger partial charge in [-0.3, -0.25) is 9.79 Å². The molecule has 1 aromatic carbocycles. The van der Waals surface area contributed by atoms with Gasteiger partial charge in [0.25, 0.3) is 0 Å². The molecule has 0 heterocycles. The molecule has 5 nitrogen and oxygen atoms in total. The van der Waals surface area contributed by atoms with Gasteiger partial charge in [-0.2, -0.15) is 0 Å². The maximum absolute atomic E-state index is 13.0. The fraction of sp³-hybridized carbons (Fsp3) is 0.529. The molecule has 1 aromatic rings. The molecule has 0 bridgehead atoms. The second-order valence-electron chi connectivity index (χ2n) is 5.78. The van der Waals surface area contributed by atoms with Crippen molar-refractivity contribution in [1.29, 1.82) is 0 Å². The minimum atomic E-state index is -0.233. The second-order valence-corrected chi connectivity index (χ2v) is 5.78. The van der Waals surface area contributed by atoms with Crippen molar-refractivity contribution in [3.63, 3.8) is 0 Å². The van der Waals surface area contributed by atoms with Crippen LogP contribution in [-0.2, 0) is 11.3 Å². The van der Waals surface area contributed by atoms with E-state index in [0.29, 0.717) is 19.6 Å². The van der Waals surface area contributed by atoms with Crippen molar-refractivity contribution in [3.8, 4) is 0 Å². The number of hydrogen-bond acceptors (Lipinski definition) is 2. The number of guanidine groups is 1. The highest BCUT2D eigenvalue weighted by Gasteiger charge is 2.28. The highest BCUT2D eigenvalue weighted by atomic mass is 127. The molecule has 1 fully saturated rings. The van der Waals surface area contributed by atoms with Gasteiger partial charge in [-0.1, -0.05) is 12.1 Å². The molecular weight excluding hydrogens is 422 g/mol. The molecule has 1 amide bonds. The summed E-state index contributed by atoms with van der Waals surface area (Å²) in [6, 6.07) is 6.46. The van der Waals surface area contributed by atoms with Crippen LogP contribution in [0.5, 0.6) is 0 Å². The minimum absolute atomic E-state index is 0. The van der Waals surface area contributed by atoms with Gasteiger partial charge in [0.05, 0.1) is 6.54 Å². The summed E-state index contributed by atoms with van der Waals surface area (Å²) in [6.45, 7) is 4.50. The van der Waals surface area contributed by atoms with Crippen molar-refractivity contribution >= 4 is 35.8 Å². The van der Waals surface area contributed by atoms with E-state index in [4.69, 9.17) is 0 Å². The first-order valence-corrected chi connectivity index (χ1v) is 8.11. The average Bonchev–Trinajstić information content (AvgIpc) is 3.37. The third-order valence-corrected chi connectivity index (χ3v) is 3.65. The summed E-state index contributed by atoms with van der Waals surface area (Å²) in [5.41, 5.74) is 1.02. The monoisotopic (exact) mass is 448 g/mol. The van der Waals surface area contributed by atoms with Crippen molar-refractivity contribution in [1.82, 2.24) is 15.5 Å². The number of carbonyl (C=O) groups excluding carboxylic acids is 1. The first-order chi connectivity index (χ1) is 11.1. The van der Waals surface area contributed by atoms with E-state index in [9.17, 15) is 9.18 Å². The summed E-state index contributed by atoms with van der Waals surface area (Å²) >= 11 is 0. The van der Waals surface area contributed by atoms with Crippen LogP contribution in [0.1, 0.15) is 25.3 Å². The maximum Gasteiger partial charge on any atom is 0.223 e. The predicted octanol–water partition coefficient (Wildman–Crippen LogP) is 2.37. The van der Waals surface area contributed by atoms with E-state index in [1.54, 1.807) is 12.1 Å². The number of rotatable bonds is 7. The number of hydrogen-bond donors (Lipinski definition) is 2. The summed E-state index contributed by atoms with van der Waals surface area (Å²) in [4.78, 5) is 18.1. The van der Waals surface area contributed by atoms with Gasteiger partial charge in [0.1, 0.15) is 5.82 Å². The molecule has 134 valence electrons. The summed E-state index contributed by atoms with van der Waals surface area (Å²) in [5, 5.41) is 6.13. The lowest BCUT2D eigenvalue weighted by Gasteiger charge is -2.22. The van der Waals surface area contributed by atoms with Gasteiger partial charge < -0.3 is 15.5 Å². The summed E-state index contributed by atoms with van der Waals surface area (Å²) < 4.78 is 13.0. The van der Waals surface area contributed by atoms with Crippen molar-refractivity contribution in [2.24, 2.45) is 10.9 Å². The Morgan fingerprint density at radius 3 is 2.54 bits per heavy atom. The Morgan fingerprint density at radius 2 is 1.96 bits per heavy atom. The van der Waals surface area contributed by atoms with Crippen LogP contribution in [0.15, 0.2) is 29.3 Å². The SMILES string of the molecule is CCNC(=NCCNC(=O)C1CC1)N(C)Cc1ccc(F)cc1.I. The average molecular weight is 448 g/mol. The number of nitrogens with zero attached hydrogens (tertiary/aromatic N) is 2. The molecule has 2 N–H and O–H groups in total. The van der Waals surface area contributed by atoms with Crippen LogP contribution in [0, 0.1) is 11.7 Å². The molecule has 2 rings (SSSR count). The first-order valence-electron chi connectivity index (χ1n) is 8.11. The Balaban J connectivity index is 0.00000288. The molecular formula is C17H26FIN4O. The van der Waals surface area contributed by atoms with Gasteiger partial charge in [-0.15, -0.1) is 24.0 Å². The largest absolute Gasteiger partial charge is 0.357 e. The van der Waals surface area contributed by atoms with E-state index >= 15 is 0 Å². The van der Waals surface area contributed by atoms with Gasteiger partial charge in [0.15, 0.2) is 5.96 Å². The lowest BCUT2D eigenvalue weighted by atomic mass is 10.2. The Labute approximate surface area is 160 Å². The van der Waals surface area contributed by atoms with Crippen LogP contribution >= 0.6 is 24.0 Å². The van der Waals surface area contributed by atoms with Gasteiger partial charge in [-0.25, -0.2) is 4.39 Å². The summed E-state index contributed by atoms with van der Waals surface area (Å²) in [5.74, 6) is 0.916. The van der Waals surface area contributed by atoms with Gasteiger partial charge >= 0.3 is 0 Å². The fourth-order valence-electron chi connectivity index (χ4n) is 2.24. The zero-order valence-corrected chi connectivity index (χ0v) is 16.5. The Bertz CT molecular complexity index is 546. The zero-order chi connectivity index (χ0) is 16.7. The molecule has 0 atom stereocenters. The molecule has 1 aliphatic carbocycles. The van der Waals surface area contributed by atoms with Gasteiger partial charge in [0, 0.05) is 32.6 Å². The topological polar surface area (TPSA) is 56.7 Å². The number of halogens is 2. The number of aliphatic imine (C=N–C) groups is 1. The number of benzene rings is 1. The number of carbonyl (C=O) groups is 1. The third-order valence-electron chi connectivity index (χ3n) is 3.65. The normalized spacial score (nSPS) is 13.9. The van der Waals surface area contributed by atoms with Gasteiger partial charge in [-0.05, 0) is 37.5 Å². The molecule has 1 saturated carbocycles. The van der Waals surface area contributed by atoms with Crippen LogP contribution in [0.2, 0.25) is 0 Å². The summed E-state index contributed by atoms with van der Waals surface area (Å²) in [6.07, 6.45) is 2.02. The van der Waals surface area contributed by atoms with Crippen molar-refractivity contribution in [2.45, 2.75) is 26.3 Å². The molecule has 0 unspecified atom stereocenters. The molecule has 0 aromatic heterocycles. The van der Waals surface area contributed by atoms with Crippen LogP contribution in [0.4, 0.5) is 4.39 Å². The van der Waals surface area contributed by atoms with Crippen LogP contribution in [0.25, 0.3) is 0 Å². The molecule has 7 heteroatoms. The van der Waals surface area contributed by atoms with Crippen molar-refractivity contribution in [3.05, 3.63) is 35.6 Å². The molecule has 0 spiro atoms.